The lowest BCUT2D eigenvalue weighted by Gasteiger charge is -2.12. The predicted octanol–water partition coefficient (Wildman–Crippen LogP) is 2.63. The second-order valence-corrected chi connectivity index (χ2v) is 6.74. The van der Waals surface area contributed by atoms with Crippen LogP contribution in [0.15, 0.2) is 42.9 Å². The SMILES string of the molecule is O=C(CCNc1c(-c2ccc(F)cc2)nc2cnccn12)NC[C@H]1CCCO1. The smallest absolute Gasteiger partial charge is 0.221 e. The van der Waals surface area contributed by atoms with Gasteiger partial charge in [0.05, 0.1) is 12.3 Å². The van der Waals surface area contributed by atoms with Crippen molar-refractivity contribution in [3.63, 3.8) is 0 Å². The summed E-state index contributed by atoms with van der Waals surface area (Å²) >= 11 is 0. The normalized spacial score (nSPS) is 16.4. The van der Waals surface area contributed by atoms with E-state index < -0.39 is 0 Å². The van der Waals surface area contributed by atoms with Gasteiger partial charge in [-0.3, -0.25) is 14.2 Å². The summed E-state index contributed by atoms with van der Waals surface area (Å²) in [7, 11) is 0. The van der Waals surface area contributed by atoms with E-state index in [1.165, 1.54) is 12.1 Å². The lowest BCUT2D eigenvalue weighted by atomic mass is 10.1. The molecular formula is C20H22FN5O2. The zero-order valence-electron chi connectivity index (χ0n) is 15.4. The summed E-state index contributed by atoms with van der Waals surface area (Å²) in [4.78, 5) is 20.8. The minimum Gasteiger partial charge on any atom is -0.376 e. The second-order valence-electron chi connectivity index (χ2n) is 6.74. The molecule has 1 fully saturated rings. The summed E-state index contributed by atoms with van der Waals surface area (Å²) in [6.45, 7) is 1.78. The molecule has 0 radical (unpaired) electrons. The number of imidazole rings is 1. The molecule has 1 aromatic carbocycles. The number of hydrogen-bond donors (Lipinski definition) is 2. The minimum atomic E-state index is -0.299. The Morgan fingerprint density at radius 3 is 2.96 bits per heavy atom. The largest absolute Gasteiger partial charge is 0.376 e. The Bertz CT molecular complexity index is 951. The van der Waals surface area contributed by atoms with E-state index in [0.29, 0.717) is 30.9 Å². The molecule has 28 heavy (non-hydrogen) atoms. The molecule has 0 unspecified atom stereocenters. The van der Waals surface area contributed by atoms with Crippen molar-refractivity contribution >= 4 is 17.4 Å². The van der Waals surface area contributed by atoms with E-state index in [4.69, 9.17) is 4.74 Å². The maximum atomic E-state index is 13.3. The Morgan fingerprint density at radius 2 is 2.18 bits per heavy atom. The maximum absolute atomic E-state index is 13.3. The molecule has 146 valence electrons. The highest BCUT2D eigenvalue weighted by Crippen LogP contribution is 2.28. The van der Waals surface area contributed by atoms with E-state index in [0.717, 1.165) is 30.8 Å². The van der Waals surface area contributed by atoms with E-state index in [2.05, 4.69) is 20.6 Å². The van der Waals surface area contributed by atoms with Gasteiger partial charge in [-0.15, -0.1) is 0 Å². The zero-order chi connectivity index (χ0) is 19.3. The van der Waals surface area contributed by atoms with E-state index in [9.17, 15) is 9.18 Å². The number of nitrogens with zero attached hydrogens (tertiary/aromatic N) is 3. The first-order valence-corrected chi connectivity index (χ1v) is 9.41. The van der Waals surface area contributed by atoms with Gasteiger partial charge < -0.3 is 15.4 Å². The van der Waals surface area contributed by atoms with Crippen molar-refractivity contribution in [3.05, 3.63) is 48.7 Å². The number of nitrogens with one attached hydrogen (secondary N) is 2. The molecule has 4 rings (SSSR count). The lowest BCUT2D eigenvalue weighted by molar-refractivity contribution is -0.121. The Labute approximate surface area is 161 Å². The molecule has 7 nitrogen and oxygen atoms in total. The summed E-state index contributed by atoms with van der Waals surface area (Å²) in [5.41, 5.74) is 2.15. The summed E-state index contributed by atoms with van der Waals surface area (Å²) < 4.78 is 20.7. The van der Waals surface area contributed by atoms with Gasteiger partial charge in [-0.25, -0.2) is 9.37 Å². The molecule has 1 atom stereocenters. The molecule has 1 saturated heterocycles. The van der Waals surface area contributed by atoms with Crippen LogP contribution in [0.3, 0.4) is 0 Å². The Balaban J connectivity index is 1.44. The predicted molar refractivity (Wildman–Crippen MR) is 103 cm³/mol. The lowest BCUT2D eigenvalue weighted by Crippen LogP contribution is -2.32. The third-order valence-corrected chi connectivity index (χ3v) is 4.74. The number of anilines is 1. The van der Waals surface area contributed by atoms with Crippen LogP contribution in [0, 0.1) is 5.82 Å². The number of rotatable bonds is 7. The van der Waals surface area contributed by atoms with Crippen molar-refractivity contribution in [1.29, 1.82) is 0 Å². The second kappa shape index (κ2) is 8.35. The summed E-state index contributed by atoms with van der Waals surface area (Å²) in [6, 6.07) is 6.17. The minimum absolute atomic E-state index is 0.0261. The van der Waals surface area contributed by atoms with E-state index in [1.54, 1.807) is 30.7 Å². The van der Waals surface area contributed by atoms with E-state index in [1.807, 2.05) is 4.40 Å². The fraction of sp³-hybridized carbons (Fsp3) is 0.350. The monoisotopic (exact) mass is 383 g/mol. The van der Waals surface area contributed by atoms with E-state index in [-0.39, 0.29) is 17.8 Å². The number of ether oxygens (including phenoxy) is 1. The highest BCUT2D eigenvalue weighted by molar-refractivity contribution is 5.78. The van der Waals surface area contributed by atoms with Crippen molar-refractivity contribution in [1.82, 2.24) is 19.7 Å². The third-order valence-electron chi connectivity index (χ3n) is 4.74. The molecule has 8 heteroatoms. The quantitative estimate of drug-likeness (QED) is 0.656. The number of benzene rings is 1. The van der Waals surface area contributed by atoms with Crippen molar-refractivity contribution < 1.29 is 13.9 Å². The molecule has 3 heterocycles. The van der Waals surface area contributed by atoms with Crippen LogP contribution < -0.4 is 10.6 Å². The Kier molecular flexibility index (Phi) is 5.48. The molecular weight excluding hydrogens is 361 g/mol. The van der Waals surface area contributed by atoms with Crippen molar-refractivity contribution in [2.45, 2.75) is 25.4 Å². The van der Waals surface area contributed by atoms with Gasteiger partial charge in [-0.2, -0.15) is 0 Å². The molecule has 3 aromatic rings. The van der Waals surface area contributed by atoms with Crippen molar-refractivity contribution in [3.8, 4) is 11.3 Å². The number of halogens is 1. The van der Waals surface area contributed by atoms with E-state index >= 15 is 0 Å². The van der Waals surface area contributed by atoms with Gasteiger partial charge in [-0.1, -0.05) is 0 Å². The first-order chi connectivity index (χ1) is 13.7. The molecule has 2 aromatic heterocycles. The van der Waals surface area contributed by atoms with Crippen molar-refractivity contribution in [2.75, 3.05) is 25.0 Å². The number of amides is 1. The number of aromatic nitrogens is 3. The van der Waals surface area contributed by atoms with Crippen LogP contribution in [0.2, 0.25) is 0 Å². The van der Waals surface area contributed by atoms with Gasteiger partial charge in [0, 0.05) is 44.1 Å². The average molecular weight is 383 g/mol. The Hall–Kier alpha value is -3.00. The molecule has 2 N–H and O–H groups in total. The fourth-order valence-corrected chi connectivity index (χ4v) is 3.30. The van der Waals surface area contributed by atoms with Gasteiger partial charge in [-0.05, 0) is 37.1 Å². The highest BCUT2D eigenvalue weighted by atomic mass is 19.1. The summed E-state index contributed by atoms with van der Waals surface area (Å²) in [6.07, 6.45) is 7.64. The van der Waals surface area contributed by atoms with Crippen molar-refractivity contribution in [2.24, 2.45) is 0 Å². The first-order valence-electron chi connectivity index (χ1n) is 9.41. The molecule has 1 aliphatic rings. The fourth-order valence-electron chi connectivity index (χ4n) is 3.30. The van der Waals surface area contributed by atoms with Gasteiger partial charge in [0.25, 0.3) is 0 Å². The topological polar surface area (TPSA) is 80.6 Å². The third kappa shape index (κ3) is 4.12. The van der Waals surface area contributed by atoms with Gasteiger partial charge >= 0.3 is 0 Å². The molecule has 0 spiro atoms. The van der Waals surface area contributed by atoms with Gasteiger partial charge in [0.2, 0.25) is 5.91 Å². The molecule has 1 aliphatic heterocycles. The number of fused-ring (bicyclic) bond motifs is 1. The standard InChI is InChI=1S/C20H22FN5O2/c21-15-5-3-14(4-6-15)19-20(26-10-9-22-13-17(26)25-19)23-8-7-18(27)24-12-16-2-1-11-28-16/h3-6,9-10,13,16,23H,1-2,7-8,11-12H2,(H,24,27)/t16-/m1/s1. The van der Waals surface area contributed by atoms with Crippen LogP contribution in [0.1, 0.15) is 19.3 Å². The first kappa shape index (κ1) is 18.4. The maximum Gasteiger partial charge on any atom is 0.221 e. The van der Waals surface area contributed by atoms with Crippen LogP contribution in [0.25, 0.3) is 16.9 Å². The van der Waals surface area contributed by atoms with Crippen LogP contribution in [0.5, 0.6) is 0 Å². The average Bonchev–Trinajstić information content (AvgIpc) is 3.35. The summed E-state index contributed by atoms with van der Waals surface area (Å²) in [5.74, 6) is 0.421. The number of hydrogen-bond acceptors (Lipinski definition) is 5. The molecule has 0 aliphatic carbocycles. The van der Waals surface area contributed by atoms with Gasteiger partial charge in [0.15, 0.2) is 5.65 Å². The number of carbonyl (C=O) groups is 1. The summed E-state index contributed by atoms with van der Waals surface area (Å²) in [5, 5.41) is 6.21. The zero-order valence-corrected chi connectivity index (χ0v) is 15.4. The Morgan fingerprint density at radius 1 is 1.32 bits per heavy atom. The molecule has 0 bridgehead atoms. The van der Waals surface area contributed by atoms with Crippen LogP contribution in [-0.2, 0) is 9.53 Å². The molecule has 1 amide bonds. The molecule has 0 saturated carbocycles. The number of carbonyl (C=O) groups excluding carboxylic acids is 1. The van der Waals surface area contributed by atoms with Crippen LogP contribution in [0.4, 0.5) is 10.2 Å². The highest BCUT2D eigenvalue weighted by Gasteiger charge is 2.17. The van der Waals surface area contributed by atoms with Crippen LogP contribution >= 0.6 is 0 Å². The van der Waals surface area contributed by atoms with Crippen LogP contribution in [-0.4, -0.2) is 46.1 Å². The van der Waals surface area contributed by atoms with Gasteiger partial charge in [0.1, 0.15) is 17.3 Å².